The zero-order valence-electron chi connectivity index (χ0n) is 14.7. The number of sulfonamides is 1. The fraction of sp³-hybridized carbons (Fsp3) is 0.278. The van der Waals surface area contributed by atoms with E-state index in [0.29, 0.717) is 29.8 Å². The van der Waals surface area contributed by atoms with Crippen molar-refractivity contribution in [2.75, 3.05) is 31.1 Å². The minimum absolute atomic E-state index is 0.135. The van der Waals surface area contributed by atoms with Gasteiger partial charge in [0.05, 0.1) is 5.52 Å². The first-order valence-corrected chi connectivity index (χ1v) is 10.1. The van der Waals surface area contributed by atoms with E-state index in [4.69, 9.17) is 0 Å². The molecule has 0 saturated carbocycles. The molecule has 3 aromatic rings. The molecule has 1 aliphatic rings. The van der Waals surface area contributed by atoms with Gasteiger partial charge in [-0.2, -0.15) is 4.31 Å². The van der Waals surface area contributed by atoms with Crippen molar-refractivity contribution in [1.29, 1.82) is 0 Å². The highest BCUT2D eigenvalue weighted by atomic mass is 32.2. The lowest BCUT2D eigenvalue weighted by molar-refractivity contribution is 0.141. The Balaban J connectivity index is 1.61. The molecular formula is C18H17F2N5O2S. The van der Waals surface area contributed by atoms with Crippen LogP contribution in [0.4, 0.5) is 14.6 Å². The Morgan fingerprint density at radius 3 is 2.39 bits per heavy atom. The monoisotopic (exact) mass is 405 g/mol. The van der Waals surface area contributed by atoms with Crippen LogP contribution in [0.2, 0.25) is 0 Å². The molecule has 1 aromatic carbocycles. The molecule has 0 N–H and O–H groups in total. The van der Waals surface area contributed by atoms with E-state index in [0.717, 1.165) is 0 Å². The maximum atomic E-state index is 13.2. The third-order valence-corrected chi connectivity index (χ3v) is 6.49. The topological polar surface area (TPSA) is 79.3 Å². The quantitative estimate of drug-likeness (QED) is 0.664. The van der Waals surface area contributed by atoms with Gasteiger partial charge in [0.25, 0.3) is 6.43 Å². The van der Waals surface area contributed by atoms with Crippen LogP contribution in [0.3, 0.4) is 0 Å². The molecule has 0 amide bonds. The second-order valence-electron chi connectivity index (χ2n) is 6.30. The van der Waals surface area contributed by atoms with Crippen LogP contribution in [0.5, 0.6) is 0 Å². The van der Waals surface area contributed by atoms with E-state index in [-0.39, 0.29) is 18.0 Å². The summed E-state index contributed by atoms with van der Waals surface area (Å²) in [6, 6.07) is 10.0. The lowest BCUT2D eigenvalue weighted by Gasteiger charge is -2.35. The summed E-state index contributed by atoms with van der Waals surface area (Å²) >= 11 is 0. The van der Waals surface area contributed by atoms with E-state index in [9.17, 15) is 17.2 Å². The number of alkyl halides is 2. The molecule has 3 heterocycles. The first-order chi connectivity index (χ1) is 13.5. The zero-order valence-corrected chi connectivity index (χ0v) is 15.6. The predicted octanol–water partition coefficient (Wildman–Crippen LogP) is 2.47. The number of aromatic nitrogens is 3. The summed E-state index contributed by atoms with van der Waals surface area (Å²) < 4.78 is 53.3. The van der Waals surface area contributed by atoms with E-state index in [1.165, 1.54) is 22.8 Å². The number of pyridine rings is 1. The summed E-state index contributed by atoms with van der Waals surface area (Å²) in [6.45, 7) is 1.12. The Morgan fingerprint density at radius 2 is 1.71 bits per heavy atom. The van der Waals surface area contributed by atoms with Gasteiger partial charge in [0.1, 0.15) is 10.7 Å². The summed E-state index contributed by atoms with van der Waals surface area (Å²) in [5.74, 6) is -0.126. The molecule has 28 heavy (non-hydrogen) atoms. The van der Waals surface area contributed by atoms with Gasteiger partial charge in [0.2, 0.25) is 10.0 Å². The van der Waals surface area contributed by atoms with Crippen LogP contribution < -0.4 is 4.90 Å². The van der Waals surface area contributed by atoms with Crippen molar-refractivity contribution in [3.8, 4) is 0 Å². The maximum Gasteiger partial charge on any atom is 0.297 e. The lowest BCUT2D eigenvalue weighted by atomic mass is 10.2. The second kappa shape index (κ2) is 7.36. The van der Waals surface area contributed by atoms with E-state index in [1.807, 2.05) is 4.90 Å². The van der Waals surface area contributed by atoms with Gasteiger partial charge >= 0.3 is 0 Å². The van der Waals surface area contributed by atoms with Crippen LogP contribution >= 0.6 is 0 Å². The van der Waals surface area contributed by atoms with Crippen LogP contribution in [0.15, 0.2) is 53.7 Å². The second-order valence-corrected chi connectivity index (χ2v) is 8.24. The number of fused-ring (bicyclic) bond motifs is 1. The summed E-state index contributed by atoms with van der Waals surface area (Å²) in [4.78, 5) is 13.8. The van der Waals surface area contributed by atoms with E-state index >= 15 is 0 Å². The highest BCUT2D eigenvalue weighted by Gasteiger charge is 2.30. The molecule has 0 radical (unpaired) electrons. The number of nitrogens with zero attached hydrogens (tertiary/aromatic N) is 5. The van der Waals surface area contributed by atoms with Crippen LogP contribution in [0.25, 0.3) is 10.9 Å². The van der Waals surface area contributed by atoms with Crippen molar-refractivity contribution >= 4 is 26.7 Å². The van der Waals surface area contributed by atoms with Crippen LogP contribution in [0.1, 0.15) is 12.2 Å². The molecule has 0 spiro atoms. The number of piperazine rings is 1. The van der Waals surface area contributed by atoms with Crippen molar-refractivity contribution in [2.45, 2.75) is 11.3 Å². The summed E-state index contributed by atoms with van der Waals surface area (Å²) in [7, 11) is -3.64. The number of benzene rings is 1. The van der Waals surface area contributed by atoms with E-state index in [1.54, 1.807) is 30.3 Å². The average molecular weight is 405 g/mol. The number of rotatable bonds is 4. The summed E-state index contributed by atoms with van der Waals surface area (Å²) in [5.41, 5.74) is 0.438. The van der Waals surface area contributed by atoms with Gasteiger partial charge in [-0.1, -0.05) is 12.1 Å². The lowest BCUT2D eigenvalue weighted by Crippen LogP contribution is -2.49. The van der Waals surface area contributed by atoms with Crippen LogP contribution in [0, 0.1) is 0 Å². The number of hydrogen-bond acceptors (Lipinski definition) is 6. The molecule has 1 fully saturated rings. The van der Waals surface area contributed by atoms with Crippen molar-refractivity contribution in [1.82, 2.24) is 19.3 Å². The van der Waals surface area contributed by atoms with Crippen molar-refractivity contribution in [3.05, 3.63) is 54.6 Å². The normalized spacial score (nSPS) is 16.0. The molecule has 0 unspecified atom stereocenters. The molecule has 10 heteroatoms. The van der Waals surface area contributed by atoms with Crippen LogP contribution in [-0.4, -0.2) is 53.9 Å². The van der Waals surface area contributed by atoms with E-state index < -0.39 is 22.3 Å². The Morgan fingerprint density at radius 1 is 0.964 bits per heavy atom. The number of hydrogen-bond donors (Lipinski definition) is 0. The SMILES string of the molecule is O=S(=O)(c1cccnc1)N1CCN(c2nc(C(F)F)nc3ccccc23)CC1. The van der Waals surface area contributed by atoms with Gasteiger partial charge in [0, 0.05) is 44.0 Å². The van der Waals surface area contributed by atoms with Gasteiger partial charge in [-0.25, -0.2) is 27.2 Å². The number of para-hydroxylation sites is 1. The third-order valence-electron chi connectivity index (χ3n) is 4.61. The first kappa shape index (κ1) is 18.6. The van der Waals surface area contributed by atoms with Gasteiger partial charge < -0.3 is 4.90 Å². The van der Waals surface area contributed by atoms with Crippen LogP contribution in [-0.2, 0) is 10.0 Å². The largest absolute Gasteiger partial charge is 0.353 e. The molecule has 0 aliphatic carbocycles. The average Bonchev–Trinajstić information content (AvgIpc) is 2.73. The molecule has 2 aromatic heterocycles. The molecule has 7 nitrogen and oxygen atoms in total. The Bertz CT molecular complexity index is 1090. The maximum absolute atomic E-state index is 13.2. The Labute approximate surface area is 160 Å². The summed E-state index contributed by atoms with van der Waals surface area (Å²) in [5, 5.41) is 0.662. The van der Waals surface area contributed by atoms with Gasteiger partial charge in [-0.3, -0.25) is 4.98 Å². The minimum Gasteiger partial charge on any atom is -0.353 e. The molecule has 1 aliphatic heterocycles. The fourth-order valence-corrected chi connectivity index (χ4v) is 4.59. The highest BCUT2D eigenvalue weighted by molar-refractivity contribution is 7.89. The predicted molar refractivity (Wildman–Crippen MR) is 99.7 cm³/mol. The molecule has 146 valence electrons. The van der Waals surface area contributed by atoms with Crippen molar-refractivity contribution < 1.29 is 17.2 Å². The summed E-state index contributed by atoms with van der Waals surface area (Å²) in [6.07, 6.45) is 0.0439. The van der Waals surface area contributed by atoms with E-state index in [2.05, 4.69) is 15.0 Å². The van der Waals surface area contributed by atoms with Gasteiger partial charge in [0.15, 0.2) is 5.82 Å². The molecule has 4 rings (SSSR count). The third kappa shape index (κ3) is 3.40. The first-order valence-electron chi connectivity index (χ1n) is 8.67. The minimum atomic E-state index is -3.64. The standard InChI is InChI=1S/C18H17F2N5O2S/c19-16(20)17-22-15-6-2-1-5-14(15)18(23-17)24-8-10-25(11-9-24)28(26,27)13-4-3-7-21-12-13/h1-7,12,16H,8-11H2. The molecule has 1 saturated heterocycles. The molecule has 0 atom stereocenters. The Hall–Kier alpha value is -2.72. The number of anilines is 1. The number of halogens is 2. The highest BCUT2D eigenvalue weighted by Crippen LogP contribution is 2.28. The Kier molecular flexibility index (Phi) is 4.90. The van der Waals surface area contributed by atoms with Gasteiger partial charge in [-0.05, 0) is 24.3 Å². The molecular weight excluding hydrogens is 388 g/mol. The fourth-order valence-electron chi connectivity index (χ4n) is 3.21. The molecule has 0 bridgehead atoms. The van der Waals surface area contributed by atoms with Crippen molar-refractivity contribution in [2.24, 2.45) is 0 Å². The smallest absolute Gasteiger partial charge is 0.297 e. The van der Waals surface area contributed by atoms with Gasteiger partial charge in [-0.15, -0.1) is 0 Å². The van der Waals surface area contributed by atoms with Crippen molar-refractivity contribution in [3.63, 3.8) is 0 Å². The zero-order chi connectivity index (χ0) is 19.7.